The Balaban J connectivity index is 0.000000737. The van der Waals surface area contributed by atoms with Gasteiger partial charge in [0.2, 0.25) is 0 Å². The Morgan fingerprint density at radius 2 is 1.49 bits per heavy atom. The summed E-state index contributed by atoms with van der Waals surface area (Å²) in [5.41, 5.74) is 5.83. The van der Waals surface area contributed by atoms with Crippen molar-refractivity contribution in [2.45, 2.75) is 140 Å². The first-order valence-corrected chi connectivity index (χ1v) is 18.5. The molecule has 1 aliphatic rings. The predicted molar refractivity (Wildman–Crippen MR) is 208 cm³/mol. The van der Waals surface area contributed by atoms with E-state index in [4.69, 9.17) is 0 Å². The maximum Gasteiger partial charge on any atom is 0.394 e. The van der Waals surface area contributed by atoms with E-state index < -0.39 is 17.7 Å². The molecule has 0 spiro atoms. The fourth-order valence-corrected chi connectivity index (χ4v) is 5.22. The smallest absolute Gasteiger partial charge is 0.394 e. The summed E-state index contributed by atoms with van der Waals surface area (Å²) in [6, 6.07) is 10.2. The second-order valence-electron chi connectivity index (χ2n) is 12.4. The summed E-state index contributed by atoms with van der Waals surface area (Å²) in [7, 11) is 0. The van der Waals surface area contributed by atoms with Gasteiger partial charge in [-0.2, -0.15) is 8.78 Å². The number of alkyl halides is 2. The number of nitrogens with zero attached hydrogens (tertiary/aromatic N) is 2. The fraction of sp³-hybridized carbons (Fsp3) is 0.512. The number of aryl methyl sites for hydroxylation is 1. The second-order valence-corrected chi connectivity index (χ2v) is 12.4. The van der Waals surface area contributed by atoms with Crippen LogP contribution in [0.1, 0.15) is 126 Å². The Morgan fingerprint density at radius 3 is 1.92 bits per heavy atom. The van der Waals surface area contributed by atoms with Gasteiger partial charge in [-0.25, -0.2) is 8.78 Å². The maximum absolute atomic E-state index is 12.9. The van der Waals surface area contributed by atoms with Gasteiger partial charge in [0.05, 0.1) is 5.70 Å². The van der Waals surface area contributed by atoms with Crippen LogP contribution in [0.25, 0.3) is 0 Å². The molecule has 2 aromatic carbocycles. The lowest BCUT2D eigenvalue weighted by atomic mass is 10.0. The molecule has 1 atom stereocenters. The molecule has 0 aliphatic carbocycles. The molecule has 0 fully saturated rings. The Hall–Kier alpha value is -3.81. The van der Waals surface area contributed by atoms with Crippen LogP contribution >= 0.6 is 0 Å². The van der Waals surface area contributed by atoms with Gasteiger partial charge in [-0.3, -0.25) is 4.79 Å². The highest BCUT2D eigenvalue weighted by molar-refractivity contribution is 5.94. The van der Waals surface area contributed by atoms with Crippen LogP contribution < -0.4 is 9.64 Å². The number of allylic oxidation sites excluding steroid dienone is 5. The third kappa shape index (κ3) is 16.8. The molecule has 51 heavy (non-hydrogen) atoms. The van der Waals surface area contributed by atoms with Gasteiger partial charge in [-0.05, 0) is 112 Å². The predicted octanol–water partition coefficient (Wildman–Crippen LogP) is 13.3. The number of ketones is 1. The number of Topliss-reactive ketones (excluding diaryl/α,β-unsaturated/α-hetero) is 1. The van der Waals surface area contributed by atoms with Gasteiger partial charge in [-0.15, -0.1) is 0 Å². The average molecular weight is 717 g/mol. The molecule has 0 amide bonds. The minimum absolute atomic E-state index is 0.101. The molecule has 0 N–H and O–H groups in total. The molecule has 1 heterocycles. The van der Waals surface area contributed by atoms with E-state index in [1.54, 1.807) is 19.1 Å². The van der Waals surface area contributed by atoms with Crippen molar-refractivity contribution < 1.29 is 27.1 Å². The van der Waals surface area contributed by atoms with Crippen LogP contribution in [0.5, 0.6) is 5.75 Å². The number of carbonyl (C=O) groups is 1. The zero-order valence-electron chi connectivity index (χ0n) is 33.4. The van der Waals surface area contributed by atoms with Crippen molar-refractivity contribution >= 4 is 11.5 Å². The van der Waals surface area contributed by atoms with E-state index in [1.165, 1.54) is 24.6 Å². The molecule has 4 nitrogen and oxygen atoms in total. The third-order valence-corrected chi connectivity index (χ3v) is 8.16. The SMILES string of the molecule is C=C1C=CC(C)=CN1C(C(C)=O)=C(CC)CC.CC.CCCCN(c1ccc(OC(C)(F)F)cc1)C(C)CC.CCCc1cc(F)c(C)c(F)c1. The van der Waals surface area contributed by atoms with E-state index in [9.17, 15) is 22.4 Å². The van der Waals surface area contributed by atoms with Crippen LogP contribution in [0.2, 0.25) is 0 Å². The molecule has 0 bridgehead atoms. The minimum Gasteiger partial charge on any atom is -0.433 e. The number of anilines is 1. The highest BCUT2D eigenvalue weighted by atomic mass is 19.3. The summed E-state index contributed by atoms with van der Waals surface area (Å²) in [4.78, 5) is 16.1. The van der Waals surface area contributed by atoms with Gasteiger partial charge in [0.25, 0.3) is 0 Å². The summed E-state index contributed by atoms with van der Waals surface area (Å²) in [5, 5.41) is 0. The summed E-state index contributed by atoms with van der Waals surface area (Å²) >= 11 is 0. The zero-order chi connectivity index (χ0) is 39.3. The molecule has 0 radical (unpaired) electrons. The number of unbranched alkanes of at least 4 members (excludes halogenated alkanes) is 1. The van der Waals surface area contributed by atoms with E-state index in [-0.39, 0.29) is 17.1 Å². The maximum atomic E-state index is 12.9. The van der Waals surface area contributed by atoms with Crippen molar-refractivity contribution in [3.8, 4) is 5.75 Å². The normalized spacial score (nSPS) is 12.6. The van der Waals surface area contributed by atoms with Gasteiger partial charge in [-0.1, -0.05) is 74.0 Å². The molecule has 1 aliphatic heterocycles. The molecule has 0 aromatic heterocycles. The molecule has 0 saturated heterocycles. The first-order chi connectivity index (χ1) is 24.0. The largest absolute Gasteiger partial charge is 0.433 e. The number of hydrogen-bond donors (Lipinski definition) is 0. The minimum atomic E-state index is -3.14. The van der Waals surface area contributed by atoms with Gasteiger partial charge in [0.15, 0.2) is 5.78 Å². The van der Waals surface area contributed by atoms with Gasteiger partial charge in [0.1, 0.15) is 17.4 Å². The molecular weight excluding hydrogens is 652 g/mol. The quantitative estimate of drug-likeness (QED) is 0.144. The molecule has 2 aromatic rings. The van der Waals surface area contributed by atoms with Crippen molar-refractivity contribution in [3.05, 3.63) is 107 Å². The lowest BCUT2D eigenvalue weighted by Gasteiger charge is -2.31. The van der Waals surface area contributed by atoms with Gasteiger partial charge < -0.3 is 14.5 Å². The van der Waals surface area contributed by atoms with Crippen LogP contribution in [0.4, 0.5) is 23.2 Å². The van der Waals surface area contributed by atoms with Crippen molar-refractivity contribution in [3.63, 3.8) is 0 Å². The molecule has 1 unspecified atom stereocenters. The van der Waals surface area contributed by atoms with Crippen LogP contribution in [0, 0.1) is 18.6 Å². The number of hydrogen-bond acceptors (Lipinski definition) is 4. The number of ether oxygens (including phenoxy) is 1. The monoisotopic (exact) mass is 716 g/mol. The highest BCUT2D eigenvalue weighted by Gasteiger charge is 2.23. The van der Waals surface area contributed by atoms with Crippen molar-refractivity contribution in [1.29, 1.82) is 0 Å². The zero-order valence-corrected chi connectivity index (χ0v) is 33.4. The standard InChI is InChI=1S/C16H25F2NO.C15H21NO.C10H12F2.C2H6/c1-5-7-12-19(13(3)6-2)14-8-10-15(11-9-14)20-16(4,17)18;1-6-14(7-2)15(13(5)17)16-10-11(3)8-9-12(16)4;1-3-4-8-5-9(11)7(2)10(12)6-8;1-2/h8-11,13H,5-7,12H2,1-4H3;8-10H,4,6-7H2,1-3,5H3;5-6H,3-4H2,1-2H3;1-2H3. The fourth-order valence-electron chi connectivity index (χ4n) is 5.22. The van der Waals surface area contributed by atoms with Crippen molar-refractivity contribution in [2.75, 3.05) is 11.4 Å². The van der Waals surface area contributed by atoms with E-state index in [0.29, 0.717) is 6.04 Å². The second kappa shape index (κ2) is 24.4. The number of carbonyl (C=O) groups excluding carboxylic acids is 1. The first kappa shape index (κ1) is 47.2. The van der Waals surface area contributed by atoms with Crippen molar-refractivity contribution in [1.82, 2.24) is 4.90 Å². The van der Waals surface area contributed by atoms with Gasteiger partial charge in [0, 0.05) is 49.6 Å². The van der Waals surface area contributed by atoms with Crippen LogP contribution in [-0.4, -0.2) is 29.4 Å². The Morgan fingerprint density at radius 1 is 0.941 bits per heavy atom. The Kier molecular flexibility index (Phi) is 22.6. The van der Waals surface area contributed by atoms with E-state index >= 15 is 0 Å². The molecule has 0 saturated carbocycles. The van der Waals surface area contributed by atoms with E-state index in [2.05, 4.69) is 50.8 Å². The molecule has 8 heteroatoms. The van der Waals surface area contributed by atoms with Crippen molar-refractivity contribution in [2.24, 2.45) is 0 Å². The topological polar surface area (TPSA) is 32.8 Å². The number of rotatable bonds is 14. The summed E-state index contributed by atoms with van der Waals surface area (Å²) in [6.45, 7) is 27.4. The lowest BCUT2D eigenvalue weighted by molar-refractivity contribution is -0.158. The van der Waals surface area contributed by atoms with Crippen LogP contribution in [0.15, 0.2) is 83.9 Å². The number of halogens is 4. The average Bonchev–Trinajstić information content (AvgIpc) is 3.08. The Bertz CT molecular complexity index is 1410. The van der Waals surface area contributed by atoms with Crippen LogP contribution in [0.3, 0.4) is 0 Å². The summed E-state index contributed by atoms with van der Waals surface area (Å²) < 4.78 is 56.0. The third-order valence-electron chi connectivity index (χ3n) is 8.16. The van der Waals surface area contributed by atoms with E-state index in [0.717, 1.165) is 86.6 Å². The lowest BCUT2D eigenvalue weighted by Crippen LogP contribution is -2.33. The summed E-state index contributed by atoms with van der Waals surface area (Å²) in [5.74, 6) is -0.595. The molecule has 3 rings (SSSR count). The molecular formula is C43H64F4N2O2. The summed E-state index contributed by atoms with van der Waals surface area (Å²) in [6.07, 6.45) is 9.52. The van der Waals surface area contributed by atoms with E-state index in [1.807, 2.05) is 63.1 Å². The van der Waals surface area contributed by atoms with Crippen LogP contribution in [-0.2, 0) is 11.2 Å². The Labute approximate surface area is 307 Å². The first-order valence-electron chi connectivity index (χ1n) is 18.5. The molecule has 286 valence electrons. The van der Waals surface area contributed by atoms with Gasteiger partial charge >= 0.3 is 6.11 Å². The highest BCUT2D eigenvalue weighted by Crippen LogP contribution is 2.27. The number of benzene rings is 2.